The second-order valence-corrected chi connectivity index (χ2v) is 4.46. The van der Waals surface area contributed by atoms with E-state index in [0.717, 1.165) is 37.5 Å². The van der Waals surface area contributed by atoms with Crippen molar-refractivity contribution in [2.24, 2.45) is 5.92 Å². The van der Waals surface area contributed by atoms with Crippen LogP contribution in [0, 0.1) is 5.92 Å². The summed E-state index contributed by atoms with van der Waals surface area (Å²) in [6.45, 7) is 4.22. The normalized spacial score (nSPS) is 21.6. The van der Waals surface area contributed by atoms with Crippen LogP contribution in [-0.4, -0.2) is 44.2 Å². The van der Waals surface area contributed by atoms with Crippen LogP contribution in [-0.2, 0) is 17.8 Å². The maximum atomic E-state index is 10.9. The Morgan fingerprint density at radius 2 is 2.47 bits per heavy atom. The number of piperidine rings is 1. The average Bonchev–Trinajstić information content (AvgIpc) is 2.77. The summed E-state index contributed by atoms with van der Waals surface area (Å²) in [4.78, 5) is 17.4. The van der Waals surface area contributed by atoms with Gasteiger partial charge >= 0.3 is 5.97 Å². The highest BCUT2D eigenvalue weighted by Crippen LogP contribution is 2.17. The van der Waals surface area contributed by atoms with Gasteiger partial charge in [0.1, 0.15) is 11.6 Å². The van der Waals surface area contributed by atoms with E-state index in [1.165, 1.54) is 0 Å². The van der Waals surface area contributed by atoms with Crippen LogP contribution in [0.1, 0.15) is 31.4 Å². The number of aryl methyl sites for hydroxylation is 1. The van der Waals surface area contributed by atoms with Gasteiger partial charge in [-0.05, 0) is 19.4 Å². The van der Waals surface area contributed by atoms with Crippen LogP contribution in [0.2, 0.25) is 0 Å². The summed E-state index contributed by atoms with van der Waals surface area (Å²) >= 11 is 0. The molecule has 0 bridgehead atoms. The highest BCUT2D eigenvalue weighted by molar-refractivity contribution is 5.70. The number of carbonyl (C=O) groups is 1. The molecule has 1 aliphatic rings. The molecule has 1 saturated heterocycles. The van der Waals surface area contributed by atoms with Gasteiger partial charge in [0.05, 0.1) is 12.5 Å². The minimum atomic E-state index is -0.693. The number of H-pyrrole nitrogens is 1. The topological polar surface area (TPSA) is 82.1 Å². The molecular weight excluding hydrogens is 220 g/mol. The summed E-state index contributed by atoms with van der Waals surface area (Å²) in [5, 5.41) is 16.0. The summed E-state index contributed by atoms with van der Waals surface area (Å²) in [6.07, 6.45) is 2.53. The Morgan fingerprint density at radius 1 is 1.65 bits per heavy atom. The Morgan fingerprint density at radius 3 is 3.12 bits per heavy atom. The first-order valence-corrected chi connectivity index (χ1v) is 6.04. The van der Waals surface area contributed by atoms with Gasteiger partial charge in [-0.3, -0.25) is 14.8 Å². The summed E-state index contributed by atoms with van der Waals surface area (Å²) in [5.41, 5.74) is 0. The Hall–Kier alpha value is -1.43. The highest BCUT2D eigenvalue weighted by atomic mass is 16.4. The molecule has 17 heavy (non-hydrogen) atoms. The molecule has 94 valence electrons. The van der Waals surface area contributed by atoms with Crippen molar-refractivity contribution in [2.45, 2.75) is 32.7 Å². The fraction of sp³-hybridized carbons (Fsp3) is 0.727. The van der Waals surface area contributed by atoms with E-state index in [0.29, 0.717) is 13.1 Å². The van der Waals surface area contributed by atoms with E-state index in [-0.39, 0.29) is 5.92 Å². The van der Waals surface area contributed by atoms with E-state index >= 15 is 0 Å². The molecule has 6 heteroatoms. The number of nitrogens with zero attached hydrogens (tertiary/aromatic N) is 3. The SMILES string of the molecule is CCc1n[nH]c(CN2CCCC(C(=O)O)C2)n1. The summed E-state index contributed by atoms with van der Waals surface area (Å²) < 4.78 is 0. The van der Waals surface area contributed by atoms with Crippen LogP contribution in [0.5, 0.6) is 0 Å². The summed E-state index contributed by atoms with van der Waals surface area (Å²) in [7, 11) is 0. The number of carboxylic acids is 1. The smallest absolute Gasteiger partial charge is 0.307 e. The lowest BCUT2D eigenvalue weighted by Gasteiger charge is -2.29. The lowest BCUT2D eigenvalue weighted by molar-refractivity contribution is -0.143. The number of hydrogen-bond donors (Lipinski definition) is 2. The van der Waals surface area contributed by atoms with E-state index < -0.39 is 5.97 Å². The van der Waals surface area contributed by atoms with Crippen molar-refractivity contribution in [1.29, 1.82) is 0 Å². The number of nitrogens with one attached hydrogen (secondary N) is 1. The Bertz CT molecular complexity index is 391. The molecule has 1 aliphatic heterocycles. The molecule has 1 unspecified atom stereocenters. The largest absolute Gasteiger partial charge is 0.481 e. The summed E-state index contributed by atoms with van der Waals surface area (Å²) in [5.74, 6) is 0.707. The minimum Gasteiger partial charge on any atom is -0.481 e. The van der Waals surface area contributed by atoms with Gasteiger partial charge in [-0.15, -0.1) is 0 Å². The van der Waals surface area contributed by atoms with Gasteiger partial charge in [-0.1, -0.05) is 6.92 Å². The number of hydrogen-bond acceptors (Lipinski definition) is 4. The quantitative estimate of drug-likeness (QED) is 0.805. The lowest BCUT2D eigenvalue weighted by atomic mass is 9.98. The molecule has 0 amide bonds. The standard InChI is InChI=1S/C11H18N4O2/c1-2-9-12-10(14-13-9)7-15-5-3-4-8(6-15)11(16)17/h8H,2-7H2,1H3,(H,16,17)(H,12,13,14). The summed E-state index contributed by atoms with van der Waals surface area (Å²) in [6, 6.07) is 0. The maximum absolute atomic E-state index is 10.9. The monoisotopic (exact) mass is 238 g/mol. The van der Waals surface area contributed by atoms with Crippen molar-refractivity contribution in [1.82, 2.24) is 20.1 Å². The fourth-order valence-corrected chi connectivity index (χ4v) is 2.18. The second kappa shape index (κ2) is 5.27. The van der Waals surface area contributed by atoms with Crippen molar-refractivity contribution < 1.29 is 9.90 Å². The second-order valence-electron chi connectivity index (χ2n) is 4.46. The highest BCUT2D eigenvalue weighted by Gasteiger charge is 2.25. The van der Waals surface area contributed by atoms with E-state index in [1.54, 1.807) is 0 Å². The van der Waals surface area contributed by atoms with Crippen molar-refractivity contribution in [3.05, 3.63) is 11.6 Å². The van der Waals surface area contributed by atoms with Gasteiger partial charge in [0, 0.05) is 13.0 Å². The first kappa shape index (κ1) is 12.0. The third-order valence-electron chi connectivity index (χ3n) is 3.12. The molecule has 0 aliphatic carbocycles. The molecule has 0 aromatic carbocycles. The zero-order chi connectivity index (χ0) is 12.3. The first-order valence-electron chi connectivity index (χ1n) is 6.04. The van der Waals surface area contributed by atoms with Gasteiger partial charge in [0.25, 0.3) is 0 Å². The maximum Gasteiger partial charge on any atom is 0.307 e. The van der Waals surface area contributed by atoms with Gasteiger partial charge in [0.2, 0.25) is 0 Å². The Labute approximate surface area is 100 Å². The fourth-order valence-electron chi connectivity index (χ4n) is 2.18. The molecule has 2 N–H and O–H groups in total. The number of rotatable bonds is 4. The van der Waals surface area contributed by atoms with E-state index in [1.807, 2.05) is 6.92 Å². The molecule has 6 nitrogen and oxygen atoms in total. The van der Waals surface area contributed by atoms with Crippen LogP contribution in [0.4, 0.5) is 0 Å². The predicted octanol–water partition coefficient (Wildman–Crippen LogP) is 0.664. The Kier molecular flexibility index (Phi) is 3.73. The molecule has 1 fully saturated rings. The van der Waals surface area contributed by atoms with Crippen LogP contribution < -0.4 is 0 Å². The van der Waals surface area contributed by atoms with Gasteiger partial charge in [-0.2, -0.15) is 5.10 Å². The molecule has 1 atom stereocenters. The molecule has 0 saturated carbocycles. The molecule has 0 radical (unpaired) electrons. The first-order chi connectivity index (χ1) is 8.19. The van der Waals surface area contributed by atoms with Gasteiger partial charge in [0.15, 0.2) is 0 Å². The van der Waals surface area contributed by atoms with Crippen LogP contribution >= 0.6 is 0 Å². The van der Waals surface area contributed by atoms with E-state index in [2.05, 4.69) is 20.1 Å². The van der Waals surface area contributed by atoms with Crippen LogP contribution in [0.15, 0.2) is 0 Å². The molecule has 2 heterocycles. The van der Waals surface area contributed by atoms with E-state index in [9.17, 15) is 4.79 Å². The van der Waals surface area contributed by atoms with Crippen LogP contribution in [0.25, 0.3) is 0 Å². The minimum absolute atomic E-state index is 0.239. The van der Waals surface area contributed by atoms with Gasteiger partial charge in [-0.25, -0.2) is 4.98 Å². The number of aromatic nitrogens is 3. The van der Waals surface area contributed by atoms with Crippen molar-refractivity contribution >= 4 is 5.97 Å². The lowest BCUT2D eigenvalue weighted by Crippen LogP contribution is -2.38. The van der Waals surface area contributed by atoms with Crippen LogP contribution in [0.3, 0.4) is 0 Å². The molecule has 0 spiro atoms. The number of likely N-dealkylation sites (tertiary alicyclic amines) is 1. The number of carboxylic acid groups (broad SMARTS) is 1. The Balaban J connectivity index is 1.92. The van der Waals surface area contributed by atoms with Crippen molar-refractivity contribution in [3.63, 3.8) is 0 Å². The molecule has 2 rings (SSSR count). The van der Waals surface area contributed by atoms with Gasteiger partial charge < -0.3 is 5.11 Å². The third kappa shape index (κ3) is 3.03. The molecule has 1 aromatic rings. The van der Waals surface area contributed by atoms with Crippen molar-refractivity contribution in [2.75, 3.05) is 13.1 Å². The zero-order valence-corrected chi connectivity index (χ0v) is 10.0. The van der Waals surface area contributed by atoms with E-state index in [4.69, 9.17) is 5.11 Å². The number of aliphatic carboxylic acids is 1. The third-order valence-corrected chi connectivity index (χ3v) is 3.12. The van der Waals surface area contributed by atoms with Crippen molar-refractivity contribution in [3.8, 4) is 0 Å². The predicted molar refractivity (Wildman–Crippen MR) is 61.4 cm³/mol. The zero-order valence-electron chi connectivity index (χ0n) is 10.0. The molecular formula is C11H18N4O2. The average molecular weight is 238 g/mol. The molecule has 1 aromatic heterocycles. The number of aromatic amines is 1.